The van der Waals surface area contributed by atoms with Crippen LogP contribution >= 0.6 is 0 Å². The van der Waals surface area contributed by atoms with Crippen LogP contribution in [-0.2, 0) is 4.79 Å². The molecule has 1 aromatic rings. The Morgan fingerprint density at radius 1 is 1.36 bits per heavy atom. The van der Waals surface area contributed by atoms with E-state index in [-0.39, 0.29) is 24.1 Å². The van der Waals surface area contributed by atoms with Crippen molar-refractivity contribution in [3.63, 3.8) is 0 Å². The number of rotatable bonds is 5. The van der Waals surface area contributed by atoms with Gasteiger partial charge < -0.3 is 10.1 Å². The summed E-state index contributed by atoms with van der Waals surface area (Å²) in [7, 11) is 0. The van der Waals surface area contributed by atoms with Gasteiger partial charge >= 0.3 is 0 Å². The average molecular weight is 294 g/mol. The first-order chi connectivity index (χ1) is 10.7. The van der Waals surface area contributed by atoms with Crippen LogP contribution in [0.15, 0.2) is 29.8 Å². The van der Waals surface area contributed by atoms with Crippen molar-refractivity contribution in [1.82, 2.24) is 5.32 Å². The number of nitriles is 1. The SMILES string of the molecule is C#CCOc1ccc(/C=C(/C#N)C(=O)NC2CCCC2)cc1. The van der Waals surface area contributed by atoms with Crippen LogP contribution in [0.4, 0.5) is 0 Å². The molecule has 112 valence electrons. The Hall–Kier alpha value is -2.72. The smallest absolute Gasteiger partial charge is 0.262 e. The van der Waals surface area contributed by atoms with Crippen molar-refractivity contribution in [3.8, 4) is 24.2 Å². The maximum atomic E-state index is 12.1. The number of ether oxygens (including phenoxy) is 1. The van der Waals surface area contributed by atoms with Gasteiger partial charge in [0, 0.05) is 6.04 Å². The zero-order valence-corrected chi connectivity index (χ0v) is 12.3. The molecule has 0 atom stereocenters. The van der Waals surface area contributed by atoms with Crippen LogP contribution in [-0.4, -0.2) is 18.6 Å². The molecule has 0 aromatic heterocycles. The van der Waals surface area contributed by atoms with Crippen molar-refractivity contribution >= 4 is 12.0 Å². The third-order valence-corrected chi connectivity index (χ3v) is 3.57. The van der Waals surface area contributed by atoms with Gasteiger partial charge in [-0.05, 0) is 36.6 Å². The molecule has 22 heavy (non-hydrogen) atoms. The van der Waals surface area contributed by atoms with Crippen molar-refractivity contribution in [2.45, 2.75) is 31.7 Å². The van der Waals surface area contributed by atoms with E-state index in [2.05, 4.69) is 11.2 Å². The third kappa shape index (κ3) is 4.40. The molecule has 1 aliphatic carbocycles. The lowest BCUT2D eigenvalue weighted by molar-refractivity contribution is -0.117. The third-order valence-electron chi connectivity index (χ3n) is 3.57. The number of nitrogens with one attached hydrogen (secondary N) is 1. The van der Waals surface area contributed by atoms with E-state index in [4.69, 9.17) is 11.2 Å². The maximum absolute atomic E-state index is 12.1. The largest absolute Gasteiger partial charge is 0.481 e. The highest BCUT2D eigenvalue weighted by Crippen LogP contribution is 2.19. The Morgan fingerprint density at radius 2 is 2.05 bits per heavy atom. The molecule has 0 radical (unpaired) electrons. The highest BCUT2D eigenvalue weighted by atomic mass is 16.5. The molecule has 1 aliphatic rings. The number of hydrogen-bond acceptors (Lipinski definition) is 3. The highest BCUT2D eigenvalue weighted by molar-refractivity contribution is 6.01. The first-order valence-electron chi connectivity index (χ1n) is 7.32. The second-order valence-electron chi connectivity index (χ2n) is 5.19. The quantitative estimate of drug-likeness (QED) is 0.516. The van der Waals surface area contributed by atoms with Crippen molar-refractivity contribution in [2.24, 2.45) is 0 Å². The number of terminal acetylenes is 1. The summed E-state index contributed by atoms with van der Waals surface area (Å²) in [6, 6.07) is 9.24. The fourth-order valence-electron chi connectivity index (χ4n) is 2.43. The molecule has 0 saturated heterocycles. The lowest BCUT2D eigenvalue weighted by Gasteiger charge is -2.11. The lowest BCUT2D eigenvalue weighted by atomic mass is 10.1. The highest BCUT2D eigenvalue weighted by Gasteiger charge is 2.19. The van der Waals surface area contributed by atoms with Crippen LogP contribution in [0.25, 0.3) is 6.08 Å². The Bertz CT molecular complexity index is 627. The van der Waals surface area contributed by atoms with E-state index in [1.54, 1.807) is 30.3 Å². The molecular weight excluding hydrogens is 276 g/mol. The van der Waals surface area contributed by atoms with Gasteiger partial charge in [-0.1, -0.05) is 30.9 Å². The van der Waals surface area contributed by atoms with Crippen LogP contribution in [0, 0.1) is 23.7 Å². The molecule has 0 aliphatic heterocycles. The molecule has 0 bridgehead atoms. The van der Waals surface area contributed by atoms with Gasteiger partial charge in [0.2, 0.25) is 0 Å². The van der Waals surface area contributed by atoms with Gasteiger partial charge in [0.1, 0.15) is 24.0 Å². The number of nitrogens with zero attached hydrogens (tertiary/aromatic N) is 1. The van der Waals surface area contributed by atoms with Crippen molar-refractivity contribution in [3.05, 3.63) is 35.4 Å². The Kier molecular flexibility index (Phi) is 5.63. The molecule has 4 heteroatoms. The predicted molar refractivity (Wildman–Crippen MR) is 84.8 cm³/mol. The lowest BCUT2D eigenvalue weighted by Crippen LogP contribution is -2.33. The summed E-state index contributed by atoms with van der Waals surface area (Å²) >= 11 is 0. The maximum Gasteiger partial charge on any atom is 0.262 e. The minimum Gasteiger partial charge on any atom is -0.481 e. The standard InChI is InChI=1S/C18H18N2O2/c1-2-11-22-17-9-7-14(8-10-17)12-15(13-19)18(21)20-16-5-3-4-6-16/h1,7-10,12,16H,3-6,11H2,(H,20,21)/b15-12-. The molecule has 1 saturated carbocycles. The van der Waals surface area contributed by atoms with Crippen molar-refractivity contribution in [1.29, 1.82) is 5.26 Å². The van der Waals surface area contributed by atoms with Gasteiger partial charge in [-0.25, -0.2) is 0 Å². The number of amides is 1. The summed E-state index contributed by atoms with van der Waals surface area (Å²) in [5.41, 5.74) is 0.885. The number of hydrogen-bond donors (Lipinski definition) is 1. The average Bonchev–Trinajstić information content (AvgIpc) is 3.04. The first-order valence-corrected chi connectivity index (χ1v) is 7.32. The minimum atomic E-state index is -0.304. The van der Waals surface area contributed by atoms with E-state index in [1.165, 1.54) is 0 Å². The predicted octanol–water partition coefficient (Wildman–Crippen LogP) is 2.66. The molecular formula is C18H18N2O2. The van der Waals surface area contributed by atoms with Crippen LogP contribution in [0.3, 0.4) is 0 Å². The van der Waals surface area contributed by atoms with E-state index < -0.39 is 0 Å². The summed E-state index contributed by atoms with van der Waals surface area (Å²) < 4.78 is 5.28. The van der Waals surface area contributed by atoms with Gasteiger partial charge in [-0.2, -0.15) is 5.26 Å². The Morgan fingerprint density at radius 3 is 2.64 bits per heavy atom. The zero-order valence-electron chi connectivity index (χ0n) is 12.3. The fourth-order valence-corrected chi connectivity index (χ4v) is 2.43. The Balaban J connectivity index is 2.03. The van der Waals surface area contributed by atoms with E-state index >= 15 is 0 Å². The topological polar surface area (TPSA) is 62.1 Å². The van der Waals surface area contributed by atoms with Gasteiger partial charge in [0.15, 0.2) is 0 Å². The molecule has 1 aromatic carbocycles. The van der Waals surface area contributed by atoms with Crippen LogP contribution in [0.2, 0.25) is 0 Å². The number of carbonyl (C=O) groups is 1. The first kappa shape index (κ1) is 15.7. The van der Waals surface area contributed by atoms with E-state index in [1.807, 2.05) is 6.07 Å². The van der Waals surface area contributed by atoms with Crippen molar-refractivity contribution < 1.29 is 9.53 Å². The summed E-state index contributed by atoms with van der Waals surface area (Å²) in [6.45, 7) is 0.211. The summed E-state index contributed by atoms with van der Waals surface area (Å²) in [5, 5.41) is 12.1. The van der Waals surface area contributed by atoms with Crippen molar-refractivity contribution in [2.75, 3.05) is 6.61 Å². The monoisotopic (exact) mass is 294 g/mol. The number of benzene rings is 1. The summed E-state index contributed by atoms with van der Waals surface area (Å²) in [4.78, 5) is 12.1. The summed E-state index contributed by atoms with van der Waals surface area (Å²) in [6.07, 6.45) is 11.0. The molecule has 1 N–H and O–H groups in total. The fraction of sp³-hybridized carbons (Fsp3) is 0.333. The molecule has 1 fully saturated rings. The van der Waals surface area contributed by atoms with Gasteiger partial charge in [-0.3, -0.25) is 4.79 Å². The van der Waals surface area contributed by atoms with Gasteiger partial charge in [0.05, 0.1) is 0 Å². The van der Waals surface area contributed by atoms with E-state index in [9.17, 15) is 10.1 Å². The Labute approximate surface area is 130 Å². The minimum absolute atomic E-state index is 0.115. The van der Waals surface area contributed by atoms with Gasteiger partial charge in [0.25, 0.3) is 5.91 Å². The van der Waals surface area contributed by atoms with E-state index in [0.717, 1.165) is 31.2 Å². The summed E-state index contributed by atoms with van der Waals surface area (Å²) in [5.74, 6) is 2.74. The molecule has 0 spiro atoms. The molecule has 1 amide bonds. The molecule has 0 heterocycles. The van der Waals surface area contributed by atoms with Crippen LogP contribution in [0.5, 0.6) is 5.75 Å². The second-order valence-corrected chi connectivity index (χ2v) is 5.19. The van der Waals surface area contributed by atoms with Crippen LogP contribution < -0.4 is 10.1 Å². The number of carbonyl (C=O) groups excluding carboxylic acids is 1. The molecule has 4 nitrogen and oxygen atoms in total. The normalized spacial score (nSPS) is 14.9. The van der Waals surface area contributed by atoms with Gasteiger partial charge in [-0.15, -0.1) is 6.42 Å². The second kappa shape index (κ2) is 7.90. The molecule has 0 unspecified atom stereocenters. The zero-order chi connectivity index (χ0) is 15.8. The van der Waals surface area contributed by atoms with Crippen LogP contribution in [0.1, 0.15) is 31.2 Å². The molecule has 2 rings (SSSR count). The van der Waals surface area contributed by atoms with E-state index in [0.29, 0.717) is 5.75 Å².